The minimum atomic E-state index is 0.0752. The molecule has 0 spiro atoms. The minimum Gasteiger partial charge on any atom is -0.378 e. The van der Waals surface area contributed by atoms with Crippen LogP contribution in [0.4, 0.5) is 11.4 Å². The predicted octanol–water partition coefficient (Wildman–Crippen LogP) is 3.86. The molecule has 1 aliphatic carbocycles. The van der Waals surface area contributed by atoms with E-state index >= 15 is 0 Å². The van der Waals surface area contributed by atoms with Crippen LogP contribution in [-0.4, -0.2) is 38.3 Å². The third kappa shape index (κ3) is 3.82. The van der Waals surface area contributed by atoms with Gasteiger partial charge in [-0.15, -0.1) is 0 Å². The maximum absolute atomic E-state index is 12.9. The summed E-state index contributed by atoms with van der Waals surface area (Å²) in [6, 6.07) is 19.4. The normalized spacial score (nSPS) is 22.0. The van der Waals surface area contributed by atoms with E-state index < -0.39 is 0 Å². The Morgan fingerprint density at radius 3 is 2.37 bits per heavy atom. The maximum Gasteiger partial charge on any atom is 0.265 e. The summed E-state index contributed by atoms with van der Waals surface area (Å²) in [6.45, 7) is 3.40. The lowest BCUT2D eigenvalue weighted by Gasteiger charge is -2.42. The molecular weight excluding hydrogens is 374 g/mol. The molecular formula is C25H29N3O2. The fourth-order valence-corrected chi connectivity index (χ4v) is 4.91. The lowest BCUT2D eigenvalue weighted by molar-refractivity contribution is -0.118. The van der Waals surface area contributed by atoms with Gasteiger partial charge in [0.05, 0.1) is 24.9 Å². The first kappa shape index (κ1) is 19.2. The van der Waals surface area contributed by atoms with E-state index in [2.05, 4.69) is 69.9 Å². The Morgan fingerprint density at radius 2 is 1.60 bits per heavy atom. The van der Waals surface area contributed by atoms with Gasteiger partial charge in [0.2, 0.25) is 0 Å². The summed E-state index contributed by atoms with van der Waals surface area (Å²) in [4.78, 5) is 15.2. The van der Waals surface area contributed by atoms with E-state index in [-0.39, 0.29) is 11.9 Å². The molecule has 156 valence electrons. The SMILES string of the molecule is O=C1NN(c2ccc(N3CCOCC3)cc2)C(Cc2ccccc2)C2=C1CCCC2. The average Bonchev–Trinajstić information content (AvgIpc) is 2.82. The molecule has 5 rings (SSSR count). The second kappa shape index (κ2) is 8.52. The first-order chi connectivity index (χ1) is 14.8. The van der Waals surface area contributed by atoms with Crippen LogP contribution < -0.4 is 15.3 Å². The van der Waals surface area contributed by atoms with Gasteiger partial charge in [0.25, 0.3) is 5.91 Å². The summed E-state index contributed by atoms with van der Waals surface area (Å²) in [5.41, 5.74) is 9.09. The number of hydrogen-bond acceptors (Lipinski definition) is 4. The fraction of sp³-hybridized carbons (Fsp3) is 0.400. The number of nitrogens with one attached hydrogen (secondary N) is 1. The number of benzene rings is 2. The number of ether oxygens (including phenoxy) is 1. The maximum atomic E-state index is 12.9. The Bertz CT molecular complexity index is 917. The highest BCUT2D eigenvalue weighted by Crippen LogP contribution is 2.36. The number of morpholine rings is 1. The monoisotopic (exact) mass is 403 g/mol. The van der Waals surface area contributed by atoms with Crippen LogP contribution in [0.5, 0.6) is 0 Å². The summed E-state index contributed by atoms with van der Waals surface area (Å²) >= 11 is 0. The standard InChI is InChI=1S/C25H29N3O2/c29-25-23-9-5-4-8-22(23)24(18-19-6-2-1-3-7-19)28(26-25)21-12-10-20(11-13-21)27-14-16-30-17-15-27/h1-3,6-7,10-13,24H,4-5,8-9,14-18H2,(H,26,29). The van der Waals surface area contributed by atoms with Gasteiger partial charge in [-0.25, -0.2) is 0 Å². The van der Waals surface area contributed by atoms with Crippen molar-refractivity contribution in [2.75, 3.05) is 36.2 Å². The van der Waals surface area contributed by atoms with Crippen LogP contribution in [0.25, 0.3) is 0 Å². The van der Waals surface area contributed by atoms with Crippen molar-refractivity contribution in [3.8, 4) is 0 Å². The number of rotatable bonds is 4. The van der Waals surface area contributed by atoms with Crippen LogP contribution in [0.1, 0.15) is 31.2 Å². The van der Waals surface area contributed by atoms with Crippen molar-refractivity contribution in [1.29, 1.82) is 0 Å². The average molecular weight is 404 g/mol. The Balaban J connectivity index is 1.45. The molecule has 1 amide bonds. The highest BCUT2D eigenvalue weighted by atomic mass is 16.5. The van der Waals surface area contributed by atoms with Crippen molar-refractivity contribution < 1.29 is 9.53 Å². The zero-order valence-corrected chi connectivity index (χ0v) is 17.3. The molecule has 2 aromatic carbocycles. The zero-order valence-electron chi connectivity index (χ0n) is 17.3. The molecule has 3 aliphatic rings. The number of carbonyl (C=O) groups is 1. The van der Waals surface area contributed by atoms with Gasteiger partial charge in [-0.2, -0.15) is 0 Å². The summed E-state index contributed by atoms with van der Waals surface area (Å²) in [6.07, 6.45) is 5.09. The van der Waals surface area contributed by atoms with Gasteiger partial charge >= 0.3 is 0 Å². The molecule has 0 saturated carbocycles. The number of hydrazine groups is 1. The van der Waals surface area contributed by atoms with Crippen LogP contribution in [-0.2, 0) is 16.0 Å². The van der Waals surface area contributed by atoms with Crippen molar-refractivity contribution in [2.45, 2.75) is 38.1 Å². The summed E-state index contributed by atoms with van der Waals surface area (Å²) in [5, 5.41) is 2.10. The van der Waals surface area contributed by atoms with Crippen molar-refractivity contribution in [3.05, 3.63) is 71.3 Å². The lowest BCUT2D eigenvalue weighted by atomic mass is 9.83. The van der Waals surface area contributed by atoms with Crippen LogP contribution in [0.2, 0.25) is 0 Å². The van der Waals surface area contributed by atoms with Gasteiger partial charge in [-0.1, -0.05) is 30.3 Å². The van der Waals surface area contributed by atoms with Crippen molar-refractivity contribution in [1.82, 2.24) is 5.43 Å². The van der Waals surface area contributed by atoms with Gasteiger partial charge in [0.1, 0.15) is 0 Å². The summed E-state index contributed by atoms with van der Waals surface area (Å²) < 4.78 is 5.47. The topological polar surface area (TPSA) is 44.8 Å². The van der Waals surface area contributed by atoms with Gasteiger partial charge < -0.3 is 9.64 Å². The highest BCUT2D eigenvalue weighted by molar-refractivity contribution is 5.97. The fourth-order valence-electron chi connectivity index (χ4n) is 4.91. The predicted molar refractivity (Wildman–Crippen MR) is 120 cm³/mol. The molecule has 1 fully saturated rings. The van der Waals surface area contributed by atoms with E-state index in [0.29, 0.717) is 0 Å². The second-order valence-electron chi connectivity index (χ2n) is 8.34. The molecule has 1 unspecified atom stereocenters. The number of nitrogens with zero attached hydrogens (tertiary/aromatic N) is 2. The van der Waals surface area contributed by atoms with E-state index in [4.69, 9.17) is 4.74 Å². The number of carbonyl (C=O) groups excluding carboxylic acids is 1. The Morgan fingerprint density at radius 1 is 0.900 bits per heavy atom. The molecule has 1 saturated heterocycles. The molecule has 30 heavy (non-hydrogen) atoms. The number of hydrogen-bond donors (Lipinski definition) is 1. The van der Waals surface area contributed by atoms with E-state index in [9.17, 15) is 4.79 Å². The summed E-state index contributed by atoms with van der Waals surface area (Å²) in [7, 11) is 0. The van der Waals surface area contributed by atoms with Gasteiger partial charge in [0, 0.05) is 24.4 Å². The van der Waals surface area contributed by atoms with Crippen LogP contribution in [0.3, 0.4) is 0 Å². The van der Waals surface area contributed by atoms with Gasteiger partial charge in [-0.05, 0) is 67.5 Å². The highest BCUT2D eigenvalue weighted by Gasteiger charge is 2.35. The molecule has 1 N–H and O–H groups in total. The first-order valence-electron chi connectivity index (χ1n) is 11.1. The molecule has 2 aliphatic heterocycles. The second-order valence-corrected chi connectivity index (χ2v) is 8.34. The van der Waals surface area contributed by atoms with E-state index in [1.165, 1.54) is 23.2 Å². The third-order valence-electron chi connectivity index (χ3n) is 6.50. The quantitative estimate of drug-likeness (QED) is 0.842. The number of anilines is 2. The van der Waals surface area contributed by atoms with Crippen molar-refractivity contribution >= 4 is 17.3 Å². The third-order valence-corrected chi connectivity index (χ3v) is 6.50. The number of amides is 1. The lowest BCUT2D eigenvalue weighted by Crippen LogP contribution is -2.55. The van der Waals surface area contributed by atoms with Crippen molar-refractivity contribution in [2.24, 2.45) is 0 Å². The largest absolute Gasteiger partial charge is 0.378 e. The van der Waals surface area contributed by atoms with Crippen molar-refractivity contribution in [3.63, 3.8) is 0 Å². The molecule has 2 aromatic rings. The summed E-state index contributed by atoms with van der Waals surface area (Å²) in [5.74, 6) is 0.0752. The van der Waals surface area contributed by atoms with E-state index in [0.717, 1.165) is 63.2 Å². The van der Waals surface area contributed by atoms with Crippen LogP contribution in [0, 0.1) is 0 Å². The molecule has 0 aromatic heterocycles. The Hall–Kier alpha value is -2.79. The molecule has 2 heterocycles. The van der Waals surface area contributed by atoms with Crippen LogP contribution in [0.15, 0.2) is 65.7 Å². The molecule has 1 atom stereocenters. The van der Waals surface area contributed by atoms with Gasteiger partial charge in [-0.3, -0.25) is 15.2 Å². The molecule has 0 radical (unpaired) electrons. The van der Waals surface area contributed by atoms with E-state index in [1.54, 1.807) is 0 Å². The zero-order chi connectivity index (χ0) is 20.3. The first-order valence-corrected chi connectivity index (χ1v) is 11.1. The minimum absolute atomic E-state index is 0.0752. The van der Waals surface area contributed by atoms with E-state index in [1.807, 2.05) is 0 Å². The molecule has 5 heteroatoms. The smallest absolute Gasteiger partial charge is 0.265 e. The molecule has 5 nitrogen and oxygen atoms in total. The van der Waals surface area contributed by atoms with Crippen LogP contribution >= 0.6 is 0 Å². The Kier molecular flexibility index (Phi) is 5.45. The van der Waals surface area contributed by atoms with Gasteiger partial charge in [0.15, 0.2) is 0 Å². The molecule has 0 bridgehead atoms. The Labute approximate surface area is 178 Å².